The van der Waals surface area contributed by atoms with Crippen LogP contribution in [0.25, 0.3) is 0 Å². The van der Waals surface area contributed by atoms with Crippen LogP contribution in [-0.4, -0.2) is 4.98 Å². The van der Waals surface area contributed by atoms with Crippen molar-refractivity contribution in [3.05, 3.63) is 53.3 Å². The molecule has 0 amide bonds. The molecule has 0 spiro atoms. The summed E-state index contributed by atoms with van der Waals surface area (Å²) in [5.74, 6) is 0.662. The van der Waals surface area contributed by atoms with Crippen LogP contribution in [0, 0.1) is 0 Å². The summed E-state index contributed by atoms with van der Waals surface area (Å²) in [5.41, 5.74) is 7.23. The van der Waals surface area contributed by atoms with Gasteiger partial charge in [-0.25, -0.2) is 0 Å². The summed E-state index contributed by atoms with van der Waals surface area (Å²) in [5, 5.41) is 0.717. The molecule has 2 N–H and O–H groups in total. The topological polar surface area (TPSA) is 48.1 Å². The van der Waals surface area contributed by atoms with Gasteiger partial charge in [0.1, 0.15) is 12.4 Å². The lowest BCUT2D eigenvalue weighted by atomic mass is 10.2. The van der Waals surface area contributed by atoms with Gasteiger partial charge in [-0.05, 0) is 17.7 Å². The molecule has 0 aliphatic carbocycles. The van der Waals surface area contributed by atoms with Crippen molar-refractivity contribution < 1.29 is 4.74 Å². The van der Waals surface area contributed by atoms with E-state index in [0.717, 1.165) is 10.6 Å². The van der Waals surface area contributed by atoms with E-state index in [9.17, 15) is 0 Å². The maximum atomic E-state index is 5.78. The van der Waals surface area contributed by atoms with Crippen LogP contribution in [0.2, 0.25) is 5.02 Å². The van der Waals surface area contributed by atoms with Crippen LogP contribution < -0.4 is 10.5 Å². The molecule has 0 fully saturated rings. The molecule has 0 unspecified atom stereocenters. The van der Waals surface area contributed by atoms with Crippen LogP contribution in [0.5, 0.6) is 5.75 Å². The van der Waals surface area contributed by atoms with Crippen LogP contribution >= 0.6 is 11.6 Å². The van der Waals surface area contributed by atoms with Crippen LogP contribution in [0.15, 0.2) is 42.7 Å². The standard InChI is InChI=1S/C12H11ClN2O/c13-10-3-1-9(2-4-10)8-16-12-5-11(14)6-15-7-12/h1-7H,8,14H2. The molecular weight excluding hydrogens is 224 g/mol. The van der Waals surface area contributed by atoms with Gasteiger partial charge in [0, 0.05) is 11.1 Å². The number of hydrogen-bond acceptors (Lipinski definition) is 3. The van der Waals surface area contributed by atoms with Gasteiger partial charge in [0.05, 0.1) is 18.1 Å². The molecule has 0 aliphatic rings. The van der Waals surface area contributed by atoms with E-state index in [2.05, 4.69) is 4.98 Å². The van der Waals surface area contributed by atoms with Crippen molar-refractivity contribution in [2.45, 2.75) is 6.61 Å². The predicted molar refractivity (Wildman–Crippen MR) is 64.4 cm³/mol. The van der Waals surface area contributed by atoms with Gasteiger partial charge in [-0.2, -0.15) is 0 Å². The fourth-order valence-corrected chi connectivity index (χ4v) is 1.39. The zero-order valence-electron chi connectivity index (χ0n) is 8.56. The SMILES string of the molecule is Nc1cncc(OCc2ccc(Cl)cc2)c1. The minimum Gasteiger partial charge on any atom is -0.487 e. The molecule has 16 heavy (non-hydrogen) atoms. The lowest BCUT2D eigenvalue weighted by molar-refractivity contribution is 0.305. The number of rotatable bonds is 3. The van der Waals surface area contributed by atoms with Crippen molar-refractivity contribution in [1.82, 2.24) is 4.98 Å². The van der Waals surface area contributed by atoms with Crippen molar-refractivity contribution in [3.8, 4) is 5.75 Å². The highest BCUT2D eigenvalue weighted by molar-refractivity contribution is 6.30. The molecule has 4 heteroatoms. The Kier molecular flexibility index (Phi) is 3.27. The second-order valence-corrected chi connectivity index (χ2v) is 3.81. The number of halogens is 1. The molecule has 0 saturated heterocycles. The zero-order valence-corrected chi connectivity index (χ0v) is 9.32. The first kappa shape index (κ1) is 10.8. The van der Waals surface area contributed by atoms with Gasteiger partial charge in [-0.3, -0.25) is 4.98 Å². The van der Waals surface area contributed by atoms with Gasteiger partial charge >= 0.3 is 0 Å². The van der Waals surface area contributed by atoms with Gasteiger partial charge in [0.25, 0.3) is 0 Å². The fourth-order valence-electron chi connectivity index (χ4n) is 1.26. The van der Waals surface area contributed by atoms with Gasteiger partial charge in [0.15, 0.2) is 0 Å². The summed E-state index contributed by atoms with van der Waals surface area (Å²) >= 11 is 5.78. The summed E-state index contributed by atoms with van der Waals surface area (Å²) in [7, 11) is 0. The lowest BCUT2D eigenvalue weighted by Gasteiger charge is -2.06. The van der Waals surface area contributed by atoms with Crippen LogP contribution in [-0.2, 0) is 6.61 Å². The zero-order chi connectivity index (χ0) is 11.4. The highest BCUT2D eigenvalue weighted by Gasteiger charge is 1.97. The van der Waals surface area contributed by atoms with Crippen LogP contribution in [0.4, 0.5) is 5.69 Å². The quantitative estimate of drug-likeness (QED) is 0.888. The third-order valence-electron chi connectivity index (χ3n) is 2.05. The molecule has 0 bridgehead atoms. The average Bonchev–Trinajstić information content (AvgIpc) is 2.28. The number of hydrogen-bond donors (Lipinski definition) is 1. The fraction of sp³-hybridized carbons (Fsp3) is 0.0833. The highest BCUT2D eigenvalue weighted by Crippen LogP contribution is 2.15. The molecule has 82 valence electrons. The number of benzene rings is 1. The van der Waals surface area contributed by atoms with Crippen LogP contribution in [0.1, 0.15) is 5.56 Å². The van der Waals surface area contributed by atoms with Crippen molar-refractivity contribution in [3.63, 3.8) is 0 Å². The second kappa shape index (κ2) is 4.86. The summed E-state index contributed by atoms with van der Waals surface area (Å²) < 4.78 is 5.53. The Morgan fingerprint density at radius 1 is 1.19 bits per heavy atom. The van der Waals surface area contributed by atoms with E-state index in [1.807, 2.05) is 24.3 Å². The molecule has 0 saturated carbocycles. The van der Waals surface area contributed by atoms with E-state index in [-0.39, 0.29) is 0 Å². The van der Waals surface area contributed by atoms with Gasteiger partial charge < -0.3 is 10.5 Å². The number of aromatic nitrogens is 1. The summed E-state index contributed by atoms with van der Waals surface area (Å²) in [6.07, 6.45) is 3.21. The van der Waals surface area contributed by atoms with Crippen molar-refractivity contribution >= 4 is 17.3 Å². The minimum atomic E-state index is 0.475. The number of nitrogens with zero attached hydrogens (tertiary/aromatic N) is 1. The van der Waals surface area contributed by atoms with Crippen molar-refractivity contribution in [2.75, 3.05) is 5.73 Å². The first-order valence-corrected chi connectivity index (χ1v) is 5.19. The Balaban J connectivity index is 1.99. The van der Waals surface area contributed by atoms with E-state index in [1.54, 1.807) is 18.5 Å². The molecule has 3 nitrogen and oxygen atoms in total. The van der Waals surface area contributed by atoms with E-state index >= 15 is 0 Å². The number of nitrogen functional groups attached to an aromatic ring is 1. The normalized spacial score (nSPS) is 10.1. The summed E-state index contributed by atoms with van der Waals surface area (Å²) in [6, 6.07) is 9.24. The average molecular weight is 235 g/mol. The first-order chi connectivity index (χ1) is 7.74. The number of ether oxygens (including phenoxy) is 1. The van der Waals surface area contributed by atoms with Gasteiger partial charge in [0.2, 0.25) is 0 Å². The Labute approximate surface area is 98.8 Å². The molecular formula is C12H11ClN2O. The smallest absolute Gasteiger partial charge is 0.140 e. The monoisotopic (exact) mass is 234 g/mol. The molecule has 0 atom stereocenters. The molecule has 1 aromatic heterocycles. The number of anilines is 1. The third-order valence-corrected chi connectivity index (χ3v) is 2.31. The molecule has 0 aliphatic heterocycles. The maximum Gasteiger partial charge on any atom is 0.140 e. The van der Waals surface area contributed by atoms with E-state index in [4.69, 9.17) is 22.1 Å². The van der Waals surface area contributed by atoms with Gasteiger partial charge in [-0.1, -0.05) is 23.7 Å². The van der Waals surface area contributed by atoms with Crippen LogP contribution in [0.3, 0.4) is 0 Å². The molecule has 1 heterocycles. The molecule has 2 rings (SSSR count). The Morgan fingerprint density at radius 2 is 1.94 bits per heavy atom. The van der Waals surface area contributed by atoms with E-state index < -0.39 is 0 Å². The third kappa shape index (κ3) is 2.87. The Bertz CT molecular complexity index is 471. The molecule has 0 radical (unpaired) electrons. The predicted octanol–water partition coefficient (Wildman–Crippen LogP) is 2.90. The molecule has 2 aromatic rings. The molecule has 1 aromatic carbocycles. The number of nitrogens with two attached hydrogens (primary N) is 1. The summed E-state index contributed by atoms with van der Waals surface area (Å²) in [6.45, 7) is 0.475. The largest absolute Gasteiger partial charge is 0.487 e. The second-order valence-electron chi connectivity index (χ2n) is 3.37. The van der Waals surface area contributed by atoms with Gasteiger partial charge in [-0.15, -0.1) is 0 Å². The van der Waals surface area contributed by atoms with Crippen molar-refractivity contribution in [1.29, 1.82) is 0 Å². The summed E-state index contributed by atoms with van der Waals surface area (Å²) in [4.78, 5) is 3.94. The highest BCUT2D eigenvalue weighted by atomic mass is 35.5. The van der Waals surface area contributed by atoms with Crippen molar-refractivity contribution in [2.24, 2.45) is 0 Å². The number of pyridine rings is 1. The Morgan fingerprint density at radius 3 is 2.62 bits per heavy atom. The van der Waals surface area contributed by atoms with E-state index in [0.29, 0.717) is 18.0 Å². The lowest BCUT2D eigenvalue weighted by Crippen LogP contribution is -1.96. The maximum absolute atomic E-state index is 5.78. The minimum absolute atomic E-state index is 0.475. The van der Waals surface area contributed by atoms with E-state index in [1.165, 1.54) is 0 Å². The Hall–Kier alpha value is -1.74. The first-order valence-electron chi connectivity index (χ1n) is 4.82.